The number of hydroxylamine groups is 2. The molecule has 2 heterocycles. The molecular formula is C45H71N5O6. The summed E-state index contributed by atoms with van der Waals surface area (Å²) < 4.78 is 6.20. The van der Waals surface area contributed by atoms with Crippen LogP contribution in [0.1, 0.15) is 97.4 Å². The fraction of sp³-hybridized carbons (Fsp3) is 0.711. The molecule has 1 amide bonds. The van der Waals surface area contributed by atoms with Crippen molar-refractivity contribution < 1.29 is 29.7 Å². The van der Waals surface area contributed by atoms with Gasteiger partial charge in [0.05, 0.1) is 26.4 Å². The number of piperidine rings is 1. The number of benzene rings is 2. The topological polar surface area (TPSA) is 130 Å². The zero-order valence-corrected chi connectivity index (χ0v) is 35.5. The number of fused-ring (bicyclic) bond motifs is 2. The molecule has 5 aliphatic rings. The van der Waals surface area contributed by atoms with Crippen LogP contribution in [0.3, 0.4) is 0 Å². The molecule has 312 valence electrons. The predicted molar refractivity (Wildman–Crippen MR) is 222 cm³/mol. The van der Waals surface area contributed by atoms with Crippen LogP contribution in [0.2, 0.25) is 0 Å². The molecule has 0 aromatic heterocycles. The van der Waals surface area contributed by atoms with E-state index in [1.54, 1.807) is 19.1 Å². The fourth-order valence-electron chi connectivity index (χ4n) is 10.6. The number of anilines is 1. The van der Waals surface area contributed by atoms with Crippen molar-refractivity contribution >= 4 is 11.6 Å². The molecule has 56 heavy (non-hydrogen) atoms. The minimum Gasteiger partial charge on any atom is -0.496 e. The Morgan fingerprint density at radius 1 is 1.07 bits per heavy atom. The van der Waals surface area contributed by atoms with E-state index in [9.17, 15) is 20.1 Å². The third-order valence-electron chi connectivity index (χ3n) is 13.7. The smallest absolute Gasteiger partial charge is 0.240 e. The normalized spacial score (nSPS) is 29.2. The molecule has 1 unspecified atom stereocenters. The highest BCUT2D eigenvalue weighted by molar-refractivity contribution is 5.83. The molecule has 2 bridgehead atoms. The SMILES string of the molecule is COc1c(CN2O[C@@H](CO)[C@@H]([C@H](C)O)[C@H]2C(=O)N[C@H]2C[C@H]3C[C@@H]([C@@H]2C)C3(C)C)cccc1-c1cc(C(O)N[C@@H](CC(C)C)CN(C)C)cc(N2CCCCC2)c1. The van der Waals surface area contributed by atoms with Gasteiger partial charge in [-0.2, -0.15) is 5.06 Å². The summed E-state index contributed by atoms with van der Waals surface area (Å²) in [5.74, 6) is 1.82. The zero-order chi connectivity index (χ0) is 40.5. The quantitative estimate of drug-likeness (QED) is 0.138. The van der Waals surface area contributed by atoms with E-state index < -0.39 is 30.4 Å². The number of amides is 1. The van der Waals surface area contributed by atoms with Crippen LogP contribution in [-0.2, 0) is 16.2 Å². The first-order chi connectivity index (χ1) is 26.6. The molecule has 11 nitrogen and oxygen atoms in total. The second-order valence-electron chi connectivity index (χ2n) is 18.8. The third kappa shape index (κ3) is 9.09. The number of aliphatic hydroxyl groups excluding tert-OH is 3. The first-order valence-electron chi connectivity index (χ1n) is 21.3. The zero-order valence-electron chi connectivity index (χ0n) is 35.5. The van der Waals surface area contributed by atoms with Crippen molar-refractivity contribution in [2.75, 3.05) is 52.3 Å². The van der Waals surface area contributed by atoms with E-state index in [0.29, 0.717) is 34.8 Å². The second kappa shape index (κ2) is 18.0. The molecule has 3 saturated carbocycles. The maximum atomic E-state index is 14.4. The predicted octanol–water partition coefficient (Wildman–Crippen LogP) is 5.57. The van der Waals surface area contributed by atoms with Crippen LogP contribution in [0, 0.1) is 35.0 Å². The molecule has 2 aliphatic heterocycles. The molecule has 2 saturated heterocycles. The maximum absolute atomic E-state index is 14.4. The number of carbonyl (C=O) groups is 1. The summed E-state index contributed by atoms with van der Waals surface area (Å²) >= 11 is 0. The van der Waals surface area contributed by atoms with Crippen molar-refractivity contribution in [3.05, 3.63) is 47.5 Å². The van der Waals surface area contributed by atoms with Gasteiger partial charge in [-0.3, -0.25) is 14.9 Å². The first-order valence-corrected chi connectivity index (χ1v) is 21.3. The van der Waals surface area contributed by atoms with E-state index in [1.807, 2.05) is 18.2 Å². The van der Waals surface area contributed by atoms with Gasteiger partial charge in [-0.1, -0.05) is 52.8 Å². The van der Waals surface area contributed by atoms with E-state index in [0.717, 1.165) is 73.3 Å². The van der Waals surface area contributed by atoms with Gasteiger partial charge in [0.1, 0.15) is 24.1 Å². The minimum atomic E-state index is -0.883. The summed E-state index contributed by atoms with van der Waals surface area (Å²) in [6.45, 7) is 15.7. The summed E-state index contributed by atoms with van der Waals surface area (Å²) in [7, 11) is 5.78. The number of carbonyl (C=O) groups excluding carboxylic acids is 1. The second-order valence-corrected chi connectivity index (χ2v) is 18.8. The first kappa shape index (κ1) is 42.8. The number of likely N-dealkylation sites (N-methyl/N-ethyl adjacent to an activating group) is 1. The number of nitrogens with zero attached hydrogens (tertiary/aromatic N) is 3. The van der Waals surface area contributed by atoms with Gasteiger partial charge < -0.3 is 35.2 Å². The Morgan fingerprint density at radius 3 is 2.41 bits per heavy atom. The lowest BCUT2D eigenvalue weighted by Crippen LogP contribution is -2.62. The summed E-state index contributed by atoms with van der Waals surface area (Å²) in [6, 6.07) is 11.7. The number of aliphatic hydroxyl groups is 3. The highest BCUT2D eigenvalue weighted by Crippen LogP contribution is 2.61. The van der Waals surface area contributed by atoms with Crippen LogP contribution in [0.25, 0.3) is 11.1 Å². The average molecular weight is 778 g/mol. The van der Waals surface area contributed by atoms with Crippen molar-refractivity contribution in [2.45, 2.75) is 123 Å². The Kier molecular flexibility index (Phi) is 13.8. The Bertz CT molecular complexity index is 1620. The fourth-order valence-corrected chi connectivity index (χ4v) is 10.6. The molecule has 3 aliphatic carbocycles. The molecule has 2 aromatic rings. The summed E-state index contributed by atoms with van der Waals surface area (Å²) in [5.41, 5.74) is 4.77. The van der Waals surface area contributed by atoms with Crippen molar-refractivity contribution in [3.8, 4) is 16.9 Å². The monoisotopic (exact) mass is 778 g/mol. The molecule has 10 atom stereocenters. The van der Waals surface area contributed by atoms with E-state index in [1.165, 1.54) is 12.8 Å². The third-order valence-corrected chi connectivity index (χ3v) is 13.7. The number of methoxy groups -OCH3 is 1. The summed E-state index contributed by atoms with van der Waals surface area (Å²) in [4.78, 5) is 25.3. The molecule has 5 fully saturated rings. The van der Waals surface area contributed by atoms with Crippen LogP contribution < -0.4 is 20.3 Å². The molecule has 5 N–H and O–H groups in total. The van der Waals surface area contributed by atoms with Gasteiger partial charge in [0.2, 0.25) is 5.91 Å². The van der Waals surface area contributed by atoms with E-state index >= 15 is 0 Å². The number of nitrogens with one attached hydrogen (secondary N) is 2. The molecule has 0 spiro atoms. The molecule has 7 rings (SSSR count). The molecule has 0 radical (unpaired) electrons. The molecular weight excluding hydrogens is 707 g/mol. The lowest BCUT2D eigenvalue weighted by atomic mass is 9.45. The Hall–Kier alpha value is -2.77. The van der Waals surface area contributed by atoms with E-state index in [4.69, 9.17) is 9.57 Å². The summed E-state index contributed by atoms with van der Waals surface area (Å²) in [5, 5.41) is 41.8. The van der Waals surface area contributed by atoms with Gasteiger partial charge in [-0.05, 0) is 118 Å². The van der Waals surface area contributed by atoms with Gasteiger partial charge in [-0.25, -0.2) is 0 Å². The Morgan fingerprint density at radius 2 is 1.80 bits per heavy atom. The van der Waals surface area contributed by atoms with Crippen molar-refractivity contribution in [1.29, 1.82) is 0 Å². The Balaban J connectivity index is 1.31. The lowest BCUT2D eigenvalue weighted by molar-refractivity contribution is -0.183. The van der Waals surface area contributed by atoms with Gasteiger partial charge >= 0.3 is 0 Å². The Labute approximate surface area is 336 Å². The summed E-state index contributed by atoms with van der Waals surface area (Å²) in [6.07, 6.45) is 4.08. The van der Waals surface area contributed by atoms with Gasteiger partial charge in [0.15, 0.2) is 0 Å². The van der Waals surface area contributed by atoms with Gasteiger partial charge in [-0.15, -0.1) is 0 Å². The molecule has 11 heteroatoms. The largest absolute Gasteiger partial charge is 0.496 e. The van der Waals surface area contributed by atoms with Crippen LogP contribution in [0.4, 0.5) is 5.69 Å². The van der Waals surface area contributed by atoms with Crippen molar-refractivity contribution in [3.63, 3.8) is 0 Å². The van der Waals surface area contributed by atoms with Crippen molar-refractivity contribution in [1.82, 2.24) is 20.6 Å². The van der Waals surface area contributed by atoms with Crippen LogP contribution in [0.5, 0.6) is 5.75 Å². The van der Waals surface area contributed by atoms with E-state index in [2.05, 4.69) is 87.3 Å². The average Bonchev–Trinajstić information content (AvgIpc) is 3.53. The number of hydrogen-bond donors (Lipinski definition) is 5. The molecule has 2 aromatic carbocycles. The number of ether oxygens (including phenoxy) is 1. The minimum absolute atomic E-state index is 0.0524. The van der Waals surface area contributed by atoms with Crippen LogP contribution >= 0.6 is 0 Å². The number of hydrogen-bond acceptors (Lipinski definition) is 10. The van der Waals surface area contributed by atoms with Gasteiger partial charge in [0.25, 0.3) is 0 Å². The van der Waals surface area contributed by atoms with Crippen LogP contribution in [0.15, 0.2) is 36.4 Å². The highest BCUT2D eigenvalue weighted by Gasteiger charge is 2.57. The van der Waals surface area contributed by atoms with Gasteiger partial charge in [0, 0.05) is 54.5 Å². The van der Waals surface area contributed by atoms with Crippen molar-refractivity contribution in [2.24, 2.45) is 35.0 Å². The highest BCUT2D eigenvalue weighted by atomic mass is 16.7. The maximum Gasteiger partial charge on any atom is 0.240 e. The van der Waals surface area contributed by atoms with Crippen LogP contribution in [-0.4, -0.2) is 109 Å². The standard InChI is InChI=1S/C45H71N5O6/c1-27(2)18-34(25-48(7)8)46-43(53)32-19-31(20-35(21-32)49-16-11-10-12-17-49)36-15-13-14-30(42(36)55-9)24-50-41(40(29(4)52)39(26-51)56-50)44(54)47-38-23-33-22-37(28(38)3)45(33,5)6/h13-15,19-21,27-29,33-34,37-41,43,46,51-53H,10-12,16-18,22-26H2,1-9H3,(H,47,54)/t28-,29-,33+,34-,37-,38-,39-,40+,41-,43?/m0/s1. The number of rotatable bonds is 16. The lowest BCUT2D eigenvalue weighted by Gasteiger charge is -2.62. The number of para-hydroxylation sites is 1. The van der Waals surface area contributed by atoms with E-state index in [-0.39, 0.29) is 31.1 Å².